The molecule has 2 N–H and O–H groups in total. The van der Waals surface area contributed by atoms with Crippen LogP contribution in [0.1, 0.15) is 93.5 Å². The van der Waals surface area contributed by atoms with E-state index in [1.807, 2.05) is 24.3 Å². The number of nitrogens with one attached hydrogen (secondary N) is 2. The highest BCUT2D eigenvalue weighted by atomic mass is 19.1. The molecule has 61 heavy (non-hydrogen) atoms. The molecule has 1 aliphatic carbocycles. The zero-order valence-corrected chi connectivity index (χ0v) is 34.5. The molecule has 4 aromatic rings. The Bertz CT molecular complexity index is 2360. The lowest BCUT2D eigenvalue weighted by atomic mass is 9.80. The molecule has 13 nitrogen and oxygen atoms in total. The van der Waals surface area contributed by atoms with Gasteiger partial charge in [-0.25, -0.2) is 23.1 Å². The van der Waals surface area contributed by atoms with E-state index in [1.54, 1.807) is 11.2 Å². The van der Waals surface area contributed by atoms with Crippen molar-refractivity contribution in [3.63, 3.8) is 0 Å². The molecule has 2 aromatic heterocycles. The number of aromatic amines is 1. The summed E-state index contributed by atoms with van der Waals surface area (Å²) < 4.78 is 54.0. The topological polar surface area (TPSA) is 140 Å². The number of carbonyl (C=O) groups is 3. The molecule has 1 atom stereocenters. The van der Waals surface area contributed by atoms with E-state index in [2.05, 4.69) is 42.2 Å². The average molecular weight is 840 g/mol. The van der Waals surface area contributed by atoms with Gasteiger partial charge in [0.1, 0.15) is 52.4 Å². The molecule has 1 unspecified atom stereocenters. The van der Waals surface area contributed by atoms with Crippen LogP contribution in [0.3, 0.4) is 0 Å². The third-order valence-corrected chi connectivity index (χ3v) is 14.2. The second-order valence-electron chi connectivity index (χ2n) is 18.6. The quantitative estimate of drug-likeness (QED) is 0.175. The molecule has 1 saturated carbocycles. The minimum atomic E-state index is -1.19. The maximum Gasteiger partial charge on any atom is 0.255 e. The SMILES string of the molecule is CC1(Oc2ccc3[nH]nc(-c4cc(N5CCC(CC6(F)CCN(CC7CCN(c8c(F)cc9c(c8F)CN(C8CCC(=O)NC8=O)C9=O)CC7)CC6)CC5)ncn4)c3c2)CC1. The molecule has 0 spiro atoms. The van der Waals surface area contributed by atoms with Gasteiger partial charge in [-0.2, -0.15) is 5.10 Å². The fraction of sp³-hybridized carbons (Fsp3) is 0.556. The maximum absolute atomic E-state index is 16.4. The van der Waals surface area contributed by atoms with Crippen molar-refractivity contribution in [2.75, 3.05) is 55.6 Å². The molecular formula is C45H52F3N9O4. The monoisotopic (exact) mass is 839 g/mol. The van der Waals surface area contributed by atoms with Gasteiger partial charge in [-0.15, -0.1) is 0 Å². The smallest absolute Gasteiger partial charge is 0.255 e. The fourth-order valence-electron chi connectivity index (χ4n) is 10.3. The van der Waals surface area contributed by atoms with E-state index >= 15 is 13.2 Å². The van der Waals surface area contributed by atoms with E-state index in [0.717, 1.165) is 98.1 Å². The number of rotatable bonds is 10. The van der Waals surface area contributed by atoms with Crippen LogP contribution < -0.4 is 19.9 Å². The number of fused-ring (bicyclic) bond motifs is 2. The van der Waals surface area contributed by atoms with Crippen molar-refractivity contribution in [1.29, 1.82) is 0 Å². The lowest BCUT2D eigenvalue weighted by molar-refractivity contribution is -0.136. The van der Waals surface area contributed by atoms with Gasteiger partial charge in [-0.05, 0) is 107 Å². The normalized spacial score (nSPS) is 23.4. The summed E-state index contributed by atoms with van der Waals surface area (Å²) in [5.41, 5.74) is 1.05. The number of aromatic nitrogens is 4. The van der Waals surface area contributed by atoms with Gasteiger partial charge in [0.2, 0.25) is 11.8 Å². The summed E-state index contributed by atoms with van der Waals surface area (Å²) in [5.74, 6) is -0.851. The number of halogens is 3. The van der Waals surface area contributed by atoms with E-state index < -0.39 is 41.1 Å². The van der Waals surface area contributed by atoms with E-state index in [4.69, 9.17) is 4.74 Å². The third kappa shape index (κ3) is 7.91. The Labute approximate surface area is 352 Å². The van der Waals surface area contributed by atoms with Gasteiger partial charge in [0.15, 0.2) is 5.82 Å². The first-order chi connectivity index (χ1) is 29.4. The predicted molar refractivity (Wildman–Crippen MR) is 222 cm³/mol. The first kappa shape index (κ1) is 39.9. The van der Waals surface area contributed by atoms with E-state index in [1.165, 1.54) is 4.90 Å². The predicted octanol–water partition coefficient (Wildman–Crippen LogP) is 6.32. The van der Waals surface area contributed by atoms with Crippen LogP contribution >= 0.6 is 0 Å². The van der Waals surface area contributed by atoms with Crippen molar-refractivity contribution in [3.05, 3.63) is 59.4 Å². The van der Waals surface area contributed by atoms with Crippen LogP contribution in [0.25, 0.3) is 22.3 Å². The number of hydrogen-bond acceptors (Lipinski definition) is 10. The molecule has 5 fully saturated rings. The van der Waals surface area contributed by atoms with Crippen LogP contribution in [0, 0.1) is 23.5 Å². The molecule has 2 aromatic carbocycles. The first-order valence-corrected chi connectivity index (χ1v) is 22.0. The largest absolute Gasteiger partial charge is 0.488 e. The molecule has 322 valence electrons. The van der Waals surface area contributed by atoms with Gasteiger partial charge in [0.25, 0.3) is 5.91 Å². The van der Waals surface area contributed by atoms with Gasteiger partial charge in [0.05, 0.1) is 23.3 Å². The van der Waals surface area contributed by atoms with Gasteiger partial charge in [-0.1, -0.05) is 0 Å². The highest BCUT2D eigenvalue weighted by molar-refractivity contribution is 6.05. The zero-order chi connectivity index (χ0) is 42.0. The average Bonchev–Trinajstić information content (AvgIpc) is 3.67. The molecule has 0 bridgehead atoms. The van der Waals surface area contributed by atoms with Crippen LogP contribution in [0.5, 0.6) is 5.75 Å². The minimum Gasteiger partial charge on any atom is -0.488 e. The van der Waals surface area contributed by atoms with Gasteiger partial charge in [-0.3, -0.25) is 24.8 Å². The van der Waals surface area contributed by atoms with E-state index in [-0.39, 0.29) is 41.8 Å². The molecule has 4 saturated heterocycles. The number of piperidine rings is 4. The highest BCUT2D eigenvalue weighted by Gasteiger charge is 2.43. The second kappa shape index (κ2) is 15.6. The van der Waals surface area contributed by atoms with Crippen molar-refractivity contribution in [2.45, 2.75) is 101 Å². The van der Waals surface area contributed by atoms with E-state index in [0.29, 0.717) is 57.3 Å². The molecule has 6 aliphatic rings. The summed E-state index contributed by atoms with van der Waals surface area (Å²) >= 11 is 0. The van der Waals surface area contributed by atoms with Crippen LogP contribution in [0.4, 0.5) is 24.7 Å². The van der Waals surface area contributed by atoms with Crippen LogP contribution in [-0.2, 0) is 16.1 Å². The van der Waals surface area contributed by atoms with Crippen LogP contribution in [0.2, 0.25) is 0 Å². The summed E-state index contributed by atoms with van der Waals surface area (Å²) in [6.07, 6.45) is 8.81. The number of likely N-dealkylation sites (tertiary alicyclic amines) is 1. The first-order valence-electron chi connectivity index (χ1n) is 22.0. The molecule has 10 rings (SSSR count). The van der Waals surface area contributed by atoms with Crippen LogP contribution in [-0.4, -0.2) is 111 Å². The van der Waals surface area contributed by atoms with Crippen molar-refractivity contribution < 1.29 is 32.3 Å². The van der Waals surface area contributed by atoms with Crippen molar-refractivity contribution in [2.24, 2.45) is 11.8 Å². The van der Waals surface area contributed by atoms with Crippen molar-refractivity contribution >= 4 is 40.1 Å². The molecule has 5 aliphatic heterocycles. The molecular weight excluding hydrogens is 788 g/mol. The number of hydrogen-bond donors (Lipinski definition) is 2. The van der Waals surface area contributed by atoms with Crippen molar-refractivity contribution in [3.8, 4) is 17.1 Å². The number of imide groups is 1. The standard InChI is InChI=1S/C45H52F3N9O4/c1-44(10-11-44)61-29-2-3-34-31(20-29)40(53-52-34)35-22-37(50-26-49-35)55-14-6-27(7-15-55)23-45(48)12-18-54(19-13-45)24-28-8-16-56(17-9-28)41-33(46)21-30-32(39(41)47)25-57(43(30)60)36-4-5-38(58)51-42(36)59/h2-3,20-22,26-28,36H,4-19,23-25H2,1H3,(H,52,53)(H,51,58,59). The Morgan fingerprint density at radius 3 is 2.34 bits per heavy atom. The molecule has 0 radical (unpaired) electrons. The number of amides is 3. The number of carbonyl (C=O) groups excluding carboxylic acids is 3. The van der Waals surface area contributed by atoms with Gasteiger partial charge in [0, 0.05) is 69.3 Å². The zero-order valence-electron chi connectivity index (χ0n) is 34.5. The summed E-state index contributed by atoms with van der Waals surface area (Å²) in [6.45, 7) is 6.74. The lowest BCUT2D eigenvalue weighted by Crippen LogP contribution is -2.52. The summed E-state index contributed by atoms with van der Waals surface area (Å²) in [4.78, 5) is 53.9. The summed E-state index contributed by atoms with van der Waals surface area (Å²) in [5, 5.41) is 10.9. The number of ether oxygens (including phenoxy) is 1. The lowest BCUT2D eigenvalue weighted by Gasteiger charge is -2.42. The number of anilines is 2. The fourth-order valence-corrected chi connectivity index (χ4v) is 10.3. The minimum absolute atomic E-state index is 0.0717. The Morgan fingerprint density at radius 2 is 1.61 bits per heavy atom. The number of nitrogens with zero attached hydrogens (tertiary/aromatic N) is 7. The number of benzene rings is 2. The molecule has 7 heterocycles. The van der Waals surface area contributed by atoms with Gasteiger partial charge >= 0.3 is 0 Å². The Morgan fingerprint density at radius 1 is 0.869 bits per heavy atom. The second-order valence-corrected chi connectivity index (χ2v) is 18.6. The molecule has 3 amide bonds. The Kier molecular flexibility index (Phi) is 10.2. The summed E-state index contributed by atoms with van der Waals surface area (Å²) in [6, 6.07) is 8.18. The highest BCUT2D eigenvalue weighted by Crippen LogP contribution is 2.42. The summed E-state index contributed by atoms with van der Waals surface area (Å²) in [7, 11) is 0. The van der Waals surface area contributed by atoms with Gasteiger partial charge < -0.3 is 24.3 Å². The van der Waals surface area contributed by atoms with Crippen LogP contribution in [0.15, 0.2) is 36.7 Å². The molecule has 16 heteroatoms. The third-order valence-electron chi connectivity index (χ3n) is 14.2. The van der Waals surface area contributed by atoms with Crippen molar-refractivity contribution in [1.82, 2.24) is 35.3 Å². The Hall–Kier alpha value is -5.25. The Balaban J connectivity index is 0.688. The number of alkyl halides is 1. The maximum atomic E-state index is 16.4. The number of H-pyrrole nitrogens is 1. The van der Waals surface area contributed by atoms with E-state index in [9.17, 15) is 14.4 Å².